The van der Waals surface area contributed by atoms with E-state index in [9.17, 15) is 4.79 Å². The van der Waals surface area contributed by atoms with Gasteiger partial charge < -0.3 is 10.6 Å². The van der Waals surface area contributed by atoms with Crippen molar-refractivity contribution in [2.24, 2.45) is 13.0 Å². The Bertz CT molecular complexity index is 393. The van der Waals surface area contributed by atoms with Crippen LogP contribution in [0.3, 0.4) is 0 Å². The van der Waals surface area contributed by atoms with Gasteiger partial charge in [0, 0.05) is 13.6 Å². The summed E-state index contributed by atoms with van der Waals surface area (Å²) in [6.45, 7) is 4.35. The van der Waals surface area contributed by atoms with Gasteiger partial charge in [0.15, 0.2) is 0 Å². The summed E-state index contributed by atoms with van der Waals surface area (Å²) < 4.78 is 1.81. The van der Waals surface area contributed by atoms with Gasteiger partial charge in [-0.3, -0.25) is 9.48 Å². The number of amides is 1. The van der Waals surface area contributed by atoms with Crippen LogP contribution in [0, 0.1) is 12.8 Å². The van der Waals surface area contributed by atoms with Crippen molar-refractivity contribution in [2.45, 2.75) is 26.3 Å². The lowest BCUT2D eigenvalue weighted by Gasteiger charge is -2.21. The number of nitrogens with one attached hydrogen (secondary N) is 2. The Kier molecular flexibility index (Phi) is 3.78. The molecule has 17 heavy (non-hydrogen) atoms. The molecule has 1 aromatic heterocycles. The summed E-state index contributed by atoms with van der Waals surface area (Å²) in [4.78, 5) is 11.9. The zero-order chi connectivity index (χ0) is 12.3. The average Bonchev–Trinajstić information content (AvgIpc) is 2.66. The van der Waals surface area contributed by atoms with Gasteiger partial charge in [0.1, 0.15) is 0 Å². The van der Waals surface area contributed by atoms with Gasteiger partial charge >= 0.3 is 0 Å². The second-order valence-corrected chi connectivity index (χ2v) is 4.66. The Morgan fingerprint density at radius 2 is 2.53 bits per heavy atom. The number of carbonyl (C=O) groups excluding carboxylic acids is 1. The topological polar surface area (TPSA) is 59.0 Å². The fourth-order valence-electron chi connectivity index (χ4n) is 2.23. The van der Waals surface area contributed by atoms with Crippen LogP contribution in [0.1, 0.15) is 24.2 Å². The van der Waals surface area contributed by atoms with E-state index < -0.39 is 0 Å². The van der Waals surface area contributed by atoms with E-state index in [2.05, 4.69) is 15.7 Å². The maximum atomic E-state index is 11.9. The molecule has 0 aromatic carbocycles. The van der Waals surface area contributed by atoms with Crippen molar-refractivity contribution in [1.82, 2.24) is 20.4 Å². The molecule has 94 valence electrons. The SMILES string of the molecule is Cc1cc(CNC(=O)[C@@H]2CCCNC2)n(C)n1. The highest BCUT2D eigenvalue weighted by molar-refractivity contribution is 5.78. The normalized spacial score (nSPS) is 20.2. The lowest BCUT2D eigenvalue weighted by atomic mass is 9.99. The molecule has 1 atom stereocenters. The number of hydrogen-bond donors (Lipinski definition) is 2. The predicted octanol–water partition coefficient (Wildman–Crippen LogP) is 0.344. The summed E-state index contributed by atoms with van der Waals surface area (Å²) in [6, 6.07) is 2.00. The molecule has 0 radical (unpaired) electrons. The van der Waals surface area contributed by atoms with Gasteiger partial charge in [0.25, 0.3) is 0 Å². The second kappa shape index (κ2) is 5.31. The smallest absolute Gasteiger partial charge is 0.224 e. The van der Waals surface area contributed by atoms with Crippen molar-refractivity contribution in [2.75, 3.05) is 13.1 Å². The third kappa shape index (κ3) is 3.06. The first-order valence-electron chi connectivity index (χ1n) is 6.15. The van der Waals surface area contributed by atoms with Crippen LogP contribution in [0.5, 0.6) is 0 Å². The molecule has 1 fully saturated rings. The third-order valence-corrected chi connectivity index (χ3v) is 3.21. The van der Waals surface area contributed by atoms with Crippen LogP contribution in [-0.4, -0.2) is 28.8 Å². The number of nitrogens with zero attached hydrogens (tertiary/aromatic N) is 2. The van der Waals surface area contributed by atoms with Crippen LogP contribution in [0.4, 0.5) is 0 Å². The number of aromatic nitrogens is 2. The molecule has 1 aliphatic rings. The average molecular weight is 236 g/mol. The van der Waals surface area contributed by atoms with Gasteiger partial charge in [0.05, 0.1) is 23.9 Å². The first-order chi connectivity index (χ1) is 8.16. The van der Waals surface area contributed by atoms with Gasteiger partial charge in [-0.05, 0) is 32.4 Å². The van der Waals surface area contributed by atoms with E-state index in [1.165, 1.54) is 0 Å². The third-order valence-electron chi connectivity index (χ3n) is 3.21. The number of aryl methyl sites for hydroxylation is 2. The fraction of sp³-hybridized carbons (Fsp3) is 0.667. The largest absolute Gasteiger partial charge is 0.350 e. The highest BCUT2D eigenvalue weighted by Gasteiger charge is 2.20. The Morgan fingerprint density at radius 1 is 1.71 bits per heavy atom. The predicted molar refractivity (Wildman–Crippen MR) is 65.4 cm³/mol. The van der Waals surface area contributed by atoms with Crippen molar-refractivity contribution in [1.29, 1.82) is 0 Å². The second-order valence-electron chi connectivity index (χ2n) is 4.66. The van der Waals surface area contributed by atoms with Crippen molar-refractivity contribution in [3.05, 3.63) is 17.5 Å². The van der Waals surface area contributed by atoms with E-state index in [0.29, 0.717) is 6.54 Å². The molecule has 0 spiro atoms. The molecule has 0 unspecified atom stereocenters. The molecule has 2 heterocycles. The van der Waals surface area contributed by atoms with Crippen molar-refractivity contribution in [3.63, 3.8) is 0 Å². The summed E-state index contributed by atoms with van der Waals surface area (Å²) in [7, 11) is 1.90. The first-order valence-corrected chi connectivity index (χ1v) is 6.15. The molecule has 2 rings (SSSR count). The highest BCUT2D eigenvalue weighted by Crippen LogP contribution is 2.10. The van der Waals surface area contributed by atoms with Crippen LogP contribution in [-0.2, 0) is 18.4 Å². The quantitative estimate of drug-likeness (QED) is 0.796. The minimum absolute atomic E-state index is 0.123. The lowest BCUT2D eigenvalue weighted by Crippen LogP contribution is -2.40. The summed E-state index contributed by atoms with van der Waals surface area (Å²) in [5, 5.41) is 10.5. The Hall–Kier alpha value is -1.36. The summed E-state index contributed by atoms with van der Waals surface area (Å²) in [6.07, 6.45) is 2.08. The van der Waals surface area contributed by atoms with E-state index in [4.69, 9.17) is 0 Å². The monoisotopic (exact) mass is 236 g/mol. The van der Waals surface area contributed by atoms with E-state index in [1.807, 2.05) is 24.7 Å². The number of hydrogen-bond acceptors (Lipinski definition) is 3. The van der Waals surface area contributed by atoms with Crippen LogP contribution in [0.25, 0.3) is 0 Å². The van der Waals surface area contributed by atoms with E-state index >= 15 is 0 Å². The van der Waals surface area contributed by atoms with Crippen LogP contribution >= 0.6 is 0 Å². The minimum atomic E-state index is 0.123. The molecule has 1 amide bonds. The van der Waals surface area contributed by atoms with Crippen LogP contribution < -0.4 is 10.6 Å². The van der Waals surface area contributed by atoms with Crippen molar-refractivity contribution in [3.8, 4) is 0 Å². The molecule has 0 saturated carbocycles. The molecule has 1 saturated heterocycles. The van der Waals surface area contributed by atoms with Gasteiger partial charge in [-0.15, -0.1) is 0 Å². The zero-order valence-corrected chi connectivity index (χ0v) is 10.5. The molecule has 5 nitrogen and oxygen atoms in total. The molecular weight excluding hydrogens is 216 g/mol. The summed E-state index contributed by atoms with van der Waals surface area (Å²) in [5.74, 6) is 0.272. The Morgan fingerprint density at radius 3 is 3.12 bits per heavy atom. The van der Waals surface area contributed by atoms with Crippen LogP contribution in [0.2, 0.25) is 0 Å². The van der Waals surface area contributed by atoms with E-state index in [0.717, 1.165) is 37.3 Å². The molecule has 2 N–H and O–H groups in total. The van der Waals surface area contributed by atoms with Gasteiger partial charge in [-0.2, -0.15) is 5.10 Å². The fourth-order valence-corrected chi connectivity index (χ4v) is 2.23. The van der Waals surface area contributed by atoms with Crippen molar-refractivity contribution < 1.29 is 4.79 Å². The molecule has 5 heteroatoms. The molecular formula is C12H20N4O. The maximum Gasteiger partial charge on any atom is 0.224 e. The number of rotatable bonds is 3. The molecule has 1 aliphatic heterocycles. The Labute approximate surface area is 102 Å². The number of piperidine rings is 1. The van der Waals surface area contributed by atoms with Gasteiger partial charge in [0.2, 0.25) is 5.91 Å². The van der Waals surface area contributed by atoms with Gasteiger partial charge in [-0.25, -0.2) is 0 Å². The molecule has 1 aromatic rings. The van der Waals surface area contributed by atoms with E-state index in [1.54, 1.807) is 0 Å². The first kappa shape index (κ1) is 12.1. The standard InChI is InChI=1S/C12H20N4O/c1-9-6-11(16(2)15-9)8-14-12(17)10-4-3-5-13-7-10/h6,10,13H,3-5,7-8H2,1-2H3,(H,14,17)/t10-/m1/s1. The molecule has 0 aliphatic carbocycles. The zero-order valence-electron chi connectivity index (χ0n) is 10.5. The Balaban J connectivity index is 1.85. The maximum absolute atomic E-state index is 11.9. The van der Waals surface area contributed by atoms with Crippen molar-refractivity contribution >= 4 is 5.91 Å². The highest BCUT2D eigenvalue weighted by atomic mass is 16.1. The minimum Gasteiger partial charge on any atom is -0.350 e. The van der Waals surface area contributed by atoms with Crippen LogP contribution in [0.15, 0.2) is 6.07 Å². The molecule has 0 bridgehead atoms. The van der Waals surface area contributed by atoms with E-state index in [-0.39, 0.29) is 11.8 Å². The summed E-state index contributed by atoms with van der Waals surface area (Å²) >= 11 is 0. The van der Waals surface area contributed by atoms with Gasteiger partial charge in [-0.1, -0.05) is 0 Å². The summed E-state index contributed by atoms with van der Waals surface area (Å²) in [5.41, 5.74) is 2.02. The lowest BCUT2D eigenvalue weighted by molar-refractivity contribution is -0.125. The number of carbonyl (C=O) groups is 1.